The van der Waals surface area contributed by atoms with Crippen LogP contribution in [0.1, 0.15) is 56.6 Å². The summed E-state index contributed by atoms with van der Waals surface area (Å²) in [6.45, 7) is 4.61. The summed E-state index contributed by atoms with van der Waals surface area (Å²) >= 11 is 0. The maximum absolute atomic E-state index is 14.5. The van der Waals surface area contributed by atoms with E-state index >= 15 is 0 Å². The SMILES string of the molecule is CCCC1(c2c(F)ccc(C)c2F)CCCCCN1. The van der Waals surface area contributed by atoms with Crippen LogP contribution < -0.4 is 5.32 Å². The van der Waals surface area contributed by atoms with Gasteiger partial charge in [0.1, 0.15) is 11.6 Å². The third-order valence-corrected chi connectivity index (χ3v) is 4.18. The molecular weight excluding hydrogens is 244 g/mol. The fraction of sp³-hybridized carbons (Fsp3) is 0.625. The summed E-state index contributed by atoms with van der Waals surface area (Å²) in [6, 6.07) is 2.92. The predicted octanol–water partition coefficient (Wildman–Crippen LogP) is 4.43. The van der Waals surface area contributed by atoms with Crippen LogP contribution in [0.5, 0.6) is 0 Å². The van der Waals surface area contributed by atoms with Crippen molar-refractivity contribution in [3.05, 3.63) is 34.9 Å². The van der Waals surface area contributed by atoms with E-state index in [1.54, 1.807) is 6.92 Å². The van der Waals surface area contributed by atoms with E-state index in [1.807, 2.05) is 0 Å². The minimum absolute atomic E-state index is 0.260. The number of hydrogen-bond acceptors (Lipinski definition) is 1. The van der Waals surface area contributed by atoms with Gasteiger partial charge in [-0.05, 0) is 44.4 Å². The molecule has 2 rings (SSSR count). The van der Waals surface area contributed by atoms with Crippen LogP contribution in [-0.2, 0) is 5.54 Å². The summed E-state index contributed by atoms with van der Waals surface area (Å²) in [5.41, 5.74) is 0.264. The summed E-state index contributed by atoms with van der Waals surface area (Å²) < 4.78 is 28.7. The molecule has 1 aliphatic rings. The molecule has 0 aliphatic carbocycles. The molecule has 0 saturated carbocycles. The Morgan fingerprint density at radius 1 is 1.21 bits per heavy atom. The van der Waals surface area contributed by atoms with Crippen molar-refractivity contribution in [2.24, 2.45) is 0 Å². The average molecular weight is 267 g/mol. The molecule has 1 fully saturated rings. The van der Waals surface area contributed by atoms with E-state index in [-0.39, 0.29) is 11.4 Å². The smallest absolute Gasteiger partial charge is 0.134 e. The Labute approximate surface area is 114 Å². The third kappa shape index (κ3) is 2.81. The summed E-state index contributed by atoms with van der Waals surface area (Å²) in [5.74, 6) is -0.784. The van der Waals surface area contributed by atoms with Crippen LogP contribution in [0, 0.1) is 18.6 Å². The maximum atomic E-state index is 14.5. The van der Waals surface area contributed by atoms with Gasteiger partial charge in [-0.3, -0.25) is 0 Å². The molecule has 1 aromatic carbocycles. The Kier molecular flexibility index (Phi) is 4.56. The highest BCUT2D eigenvalue weighted by Crippen LogP contribution is 2.37. The van der Waals surface area contributed by atoms with Crippen molar-refractivity contribution in [2.75, 3.05) is 6.54 Å². The number of benzene rings is 1. The van der Waals surface area contributed by atoms with Crippen molar-refractivity contribution in [2.45, 2.75) is 57.9 Å². The fourth-order valence-corrected chi connectivity index (χ4v) is 3.22. The first kappa shape index (κ1) is 14.4. The number of hydrogen-bond donors (Lipinski definition) is 1. The number of rotatable bonds is 3. The van der Waals surface area contributed by atoms with Crippen molar-refractivity contribution in [3.8, 4) is 0 Å². The second-order valence-electron chi connectivity index (χ2n) is 5.62. The van der Waals surface area contributed by atoms with Gasteiger partial charge in [-0.15, -0.1) is 0 Å². The van der Waals surface area contributed by atoms with Gasteiger partial charge in [0.25, 0.3) is 0 Å². The topological polar surface area (TPSA) is 12.0 Å². The minimum atomic E-state index is -0.522. The number of halogens is 2. The minimum Gasteiger partial charge on any atom is -0.307 e. The van der Waals surface area contributed by atoms with Crippen molar-refractivity contribution >= 4 is 0 Å². The van der Waals surface area contributed by atoms with Crippen LogP contribution in [-0.4, -0.2) is 6.54 Å². The molecule has 106 valence electrons. The summed E-state index contributed by atoms with van der Waals surface area (Å²) in [6.07, 6.45) is 5.76. The summed E-state index contributed by atoms with van der Waals surface area (Å²) in [5, 5.41) is 3.44. The first-order valence-corrected chi connectivity index (χ1v) is 7.31. The number of nitrogens with one attached hydrogen (secondary N) is 1. The lowest BCUT2D eigenvalue weighted by atomic mass is 9.80. The molecule has 1 N–H and O–H groups in total. The molecule has 0 spiro atoms. The van der Waals surface area contributed by atoms with Gasteiger partial charge in [-0.2, -0.15) is 0 Å². The van der Waals surface area contributed by atoms with Crippen molar-refractivity contribution in [1.82, 2.24) is 5.32 Å². The predicted molar refractivity (Wildman–Crippen MR) is 74.2 cm³/mol. The van der Waals surface area contributed by atoms with Gasteiger partial charge in [0.05, 0.1) is 0 Å². The third-order valence-electron chi connectivity index (χ3n) is 4.18. The molecule has 0 aromatic heterocycles. The quantitative estimate of drug-likeness (QED) is 0.854. The molecule has 1 unspecified atom stereocenters. The van der Waals surface area contributed by atoms with Gasteiger partial charge in [-0.25, -0.2) is 8.78 Å². The number of aryl methyl sites for hydroxylation is 1. The molecule has 0 bridgehead atoms. The zero-order valence-electron chi connectivity index (χ0n) is 11.9. The van der Waals surface area contributed by atoms with Gasteiger partial charge in [0.2, 0.25) is 0 Å². The molecule has 0 radical (unpaired) electrons. The van der Waals surface area contributed by atoms with Gasteiger partial charge in [0, 0.05) is 11.1 Å². The summed E-state index contributed by atoms with van der Waals surface area (Å²) in [4.78, 5) is 0. The first-order valence-electron chi connectivity index (χ1n) is 7.31. The molecule has 1 heterocycles. The van der Waals surface area contributed by atoms with E-state index in [1.165, 1.54) is 12.1 Å². The molecule has 1 saturated heterocycles. The Balaban J connectivity index is 2.51. The maximum Gasteiger partial charge on any atom is 0.134 e. The lowest BCUT2D eigenvalue weighted by molar-refractivity contribution is 0.274. The second kappa shape index (κ2) is 6.00. The Hall–Kier alpha value is -0.960. The molecule has 3 heteroatoms. The van der Waals surface area contributed by atoms with E-state index in [4.69, 9.17) is 0 Å². The Morgan fingerprint density at radius 3 is 2.74 bits per heavy atom. The molecular formula is C16H23F2N. The van der Waals surface area contributed by atoms with Gasteiger partial charge in [0.15, 0.2) is 0 Å². The zero-order valence-corrected chi connectivity index (χ0v) is 11.9. The van der Waals surface area contributed by atoms with Crippen molar-refractivity contribution in [1.29, 1.82) is 0 Å². The van der Waals surface area contributed by atoms with Crippen LogP contribution in [0.25, 0.3) is 0 Å². The highest BCUT2D eigenvalue weighted by atomic mass is 19.1. The molecule has 1 aliphatic heterocycles. The second-order valence-corrected chi connectivity index (χ2v) is 5.62. The van der Waals surface area contributed by atoms with Crippen LogP contribution in [0.4, 0.5) is 8.78 Å². The largest absolute Gasteiger partial charge is 0.307 e. The van der Waals surface area contributed by atoms with Crippen LogP contribution >= 0.6 is 0 Å². The Morgan fingerprint density at radius 2 is 2.00 bits per heavy atom. The fourth-order valence-electron chi connectivity index (χ4n) is 3.22. The van der Waals surface area contributed by atoms with Crippen LogP contribution in [0.15, 0.2) is 12.1 Å². The zero-order chi connectivity index (χ0) is 13.9. The van der Waals surface area contributed by atoms with E-state index in [0.29, 0.717) is 5.56 Å². The normalized spacial score (nSPS) is 24.2. The van der Waals surface area contributed by atoms with Crippen molar-refractivity contribution in [3.63, 3.8) is 0 Å². The van der Waals surface area contributed by atoms with Crippen LogP contribution in [0.3, 0.4) is 0 Å². The van der Waals surface area contributed by atoms with Gasteiger partial charge >= 0.3 is 0 Å². The van der Waals surface area contributed by atoms with Gasteiger partial charge in [-0.1, -0.05) is 32.3 Å². The standard InChI is InChI=1S/C16H23F2N/c1-3-9-16(10-5-4-6-11-19-16)14-13(17)8-7-12(2)15(14)18/h7-8,19H,3-6,9-11H2,1-2H3. The summed E-state index contributed by atoms with van der Waals surface area (Å²) in [7, 11) is 0. The highest BCUT2D eigenvalue weighted by molar-refractivity contribution is 5.33. The Bertz CT molecular complexity index is 435. The highest BCUT2D eigenvalue weighted by Gasteiger charge is 2.36. The average Bonchev–Trinajstić information content (AvgIpc) is 2.61. The lowest BCUT2D eigenvalue weighted by Gasteiger charge is -2.35. The molecule has 19 heavy (non-hydrogen) atoms. The van der Waals surface area contributed by atoms with Crippen molar-refractivity contribution < 1.29 is 8.78 Å². The van der Waals surface area contributed by atoms with E-state index < -0.39 is 11.4 Å². The molecule has 1 aromatic rings. The first-order chi connectivity index (χ1) is 9.10. The van der Waals surface area contributed by atoms with E-state index in [0.717, 1.165) is 45.1 Å². The molecule has 1 atom stereocenters. The monoisotopic (exact) mass is 267 g/mol. The van der Waals surface area contributed by atoms with E-state index in [9.17, 15) is 8.78 Å². The van der Waals surface area contributed by atoms with Crippen LogP contribution in [0.2, 0.25) is 0 Å². The lowest BCUT2D eigenvalue weighted by Crippen LogP contribution is -2.43. The van der Waals surface area contributed by atoms with E-state index in [2.05, 4.69) is 12.2 Å². The van der Waals surface area contributed by atoms with Gasteiger partial charge < -0.3 is 5.32 Å². The molecule has 1 nitrogen and oxygen atoms in total. The molecule has 0 amide bonds.